The number of carbonyl (C=O) groups is 3. The third-order valence-corrected chi connectivity index (χ3v) is 17.3. The number of unbranched alkanes of at least 4 members (excludes halogenated alkanes) is 40. The van der Waals surface area contributed by atoms with Gasteiger partial charge in [-0.1, -0.05) is 367 Å². The molecule has 542 valence electrons. The molecule has 2 unspecified atom stereocenters. The van der Waals surface area contributed by atoms with Gasteiger partial charge in [0.05, 0.1) is 40.3 Å². The van der Waals surface area contributed by atoms with Crippen LogP contribution in [0.2, 0.25) is 0 Å². The van der Waals surface area contributed by atoms with Crippen molar-refractivity contribution < 1.29 is 42.9 Å². The lowest BCUT2D eigenvalue weighted by Gasteiger charge is -2.26. The summed E-state index contributed by atoms with van der Waals surface area (Å²) in [6.45, 7) is 4.66. The first-order chi connectivity index (χ1) is 46.1. The summed E-state index contributed by atoms with van der Waals surface area (Å²) in [5.74, 6) is -2.29. The molecule has 0 aromatic heterocycles. The van der Waals surface area contributed by atoms with E-state index in [2.05, 4.69) is 123 Å². The van der Waals surface area contributed by atoms with Crippen LogP contribution < -0.4 is 5.11 Å². The van der Waals surface area contributed by atoms with Crippen molar-refractivity contribution in [3.05, 3.63) is 109 Å². The first kappa shape index (κ1) is 90.0. The molecule has 94 heavy (non-hydrogen) atoms. The lowest BCUT2D eigenvalue weighted by atomic mass is 10.0. The SMILES string of the molecule is CC/C=C\C/C=C\C/C=C\C/C=C\C/C=C\C/C=C\C/C=C\C/C=C\C/C=C\CCCCCCCCCC(=O)OC(COC(=O)CCCCCCCCCCCCCCCCCCCCCCCCCCCCCCCCCCCC)COC(OCC[N+](C)(C)C)C(=O)[O-]. The molecule has 0 radical (unpaired) electrons. The van der Waals surface area contributed by atoms with E-state index in [1.807, 2.05) is 21.1 Å². The standard InChI is InChI=1S/C85H149NO8/c1-6-8-10-12-14-16-18-20-22-24-26-28-30-32-34-36-38-40-42-44-46-48-50-52-54-56-58-60-62-64-66-68-70-72-74-76-83(88)94-81(80-93-85(84(89)90)91-78-77-86(3,4)5)79-92-82(87)75-73-71-69-67-65-63-61-59-57-55-53-51-49-47-45-43-41-39-37-35-33-31-29-27-25-23-21-19-17-15-13-11-9-7-2/h8,10,14,16,20,22,26,28,32,34,38,40,44,46,50,52,56,58,81,85H,6-7,9,11-13,15,17-19,21,23-25,27,29-31,33,35-37,39,41-43,45,47-49,51,53-55,57,59-80H2,1-5H3/b10-8-,16-14-,22-20-,28-26-,34-32-,40-38-,46-44-,52-50-,58-56-. The summed E-state index contributed by atoms with van der Waals surface area (Å²) in [6.07, 6.45) is 102. The number of aliphatic carboxylic acids is 1. The smallest absolute Gasteiger partial charge is 0.306 e. The number of allylic oxidation sites excluding steroid dienone is 18. The van der Waals surface area contributed by atoms with Crippen LogP contribution >= 0.6 is 0 Å². The third kappa shape index (κ3) is 75.3. The Morgan fingerprint density at radius 3 is 0.904 bits per heavy atom. The molecule has 0 spiro atoms. The Hall–Kier alpha value is -4.05. The molecular formula is C85H149NO8. The Labute approximate surface area is 581 Å². The fourth-order valence-electron chi connectivity index (χ4n) is 11.3. The Morgan fingerprint density at radius 1 is 0.330 bits per heavy atom. The molecular weight excluding hydrogens is 1160 g/mol. The number of hydrogen-bond donors (Lipinski definition) is 0. The Morgan fingerprint density at radius 2 is 0.606 bits per heavy atom. The van der Waals surface area contributed by atoms with E-state index >= 15 is 0 Å². The van der Waals surface area contributed by atoms with Crippen molar-refractivity contribution in [3.63, 3.8) is 0 Å². The number of quaternary nitrogens is 1. The highest BCUT2D eigenvalue weighted by molar-refractivity contribution is 5.70. The molecule has 0 fully saturated rings. The monoisotopic (exact) mass is 1310 g/mol. The van der Waals surface area contributed by atoms with Crippen LogP contribution in [-0.4, -0.2) is 82.3 Å². The van der Waals surface area contributed by atoms with E-state index in [4.69, 9.17) is 18.9 Å². The van der Waals surface area contributed by atoms with E-state index in [1.165, 1.54) is 218 Å². The average Bonchev–Trinajstić information content (AvgIpc) is 3.76. The number of likely N-dealkylation sites (N-methyl/N-ethyl adjacent to an activating group) is 1. The summed E-state index contributed by atoms with van der Waals surface area (Å²) in [5.41, 5.74) is 0. The molecule has 0 aromatic rings. The summed E-state index contributed by atoms with van der Waals surface area (Å²) < 4.78 is 22.8. The van der Waals surface area contributed by atoms with Gasteiger partial charge in [0, 0.05) is 12.8 Å². The molecule has 0 bridgehead atoms. The van der Waals surface area contributed by atoms with Crippen molar-refractivity contribution in [2.45, 2.75) is 367 Å². The van der Waals surface area contributed by atoms with E-state index in [9.17, 15) is 19.5 Å². The zero-order valence-corrected chi connectivity index (χ0v) is 62.1. The fraction of sp³-hybridized carbons (Fsp3) is 0.753. The summed E-state index contributed by atoms with van der Waals surface area (Å²) in [5, 5.41) is 11.9. The topological polar surface area (TPSA) is 111 Å². The molecule has 0 rings (SSSR count). The van der Waals surface area contributed by atoms with Crippen LogP contribution in [0.1, 0.15) is 354 Å². The number of ether oxygens (including phenoxy) is 4. The number of carbonyl (C=O) groups excluding carboxylic acids is 3. The van der Waals surface area contributed by atoms with Gasteiger partial charge in [0.2, 0.25) is 0 Å². The molecule has 2 atom stereocenters. The maximum atomic E-state index is 13.0. The molecule has 0 saturated carbocycles. The maximum absolute atomic E-state index is 13.0. The molecule has 0 aliphatic carbocycles. The lowest BCUT2D eigenvalue weighted by molar-refractivity contribution is -0.870. The molecule has 9 heteroatoms. The van der Waals surface area contributed by atoms with Gasteiger partial charge in [-0.2, -0.15) is 0 Å². The second kappa shape index (κ2) is 74.7. The number of hydrogen-bond acceptors (Lipinski definition) is 8. The van der Waals surface area contributed by atoms with Crippen LogP contribution in [0.3, 0.4) is 0 Å². The fourth-order valence-corrected chi connectivity index (χ4v) is 11.3. The average molecular weight is 1310 g/mol. The number of esters is 2. The number of rotatable bonds is 73. The second-order valence-electron chi connectivity index (χ2n) is 27.6. The van der Waals surface area contributed by atoms with Crippen LogP contribution in [0.15, 0.2) is 109 Å². The quantitative estimate of drug-likeness (QED) is 0.0195. The lowest BCUT2D eigenvalue weighted by Crippen LogP contribution is -2.44. The van der Waals surface area contributed by atoms with E-state index in [0.29, 0.717) is 17.4 Å². The normalized spacial score (nSPS) is 13.2. The van der Waals surface area contributed by atoms with Crippen LogP contribution in [0.25, 0.3) is 0 Å². The van der Waals surface area contributed by atoms with Gasteiger partial charge in [-0.25, -0.2) is 0 Å². The molecule has 0 amide bonds. The summed E-state index contributed by atoms with van der Waals surface area (Å²) in [4.78, 5) is 37.6. The van der Waals surface area contributed by atoms with Crippen LogP contribution in [0.5, 0.6) is 0 Å². The highest BCUT2D eigenvalue weighted by Gasteiger charge is 2.22. The minimum Gasteiger partial charge on any atom is -0.545 e. The predicted octanol–water partition coefficient (Wildman–Crippen LogP) is 24.0. The zero-order chi connectivity index (χ0) is 68.2. The highest BCUT2D eigenvalue weighted by Crippen LogP contribution is 2.19. The zero-order valence-electron chi connectivity index (χ0n) is 62.1. The van der Waals surface area contributed by atoms with Gasteiger partial charge in [0.25, 0.3) is 0 Å². The third-order valence-electron chi connectivity index (χ3n) is 17.3. The van der Waals surface area contributed by atoms with Gasteiger partial charge < -0.3 is 33.3 Å². The van der Waals surface area contributed by atoms with Crippen LogP contribution in [-0.2, 0) is 33.3 Å². The van der Waals surface area contributed by atoms with Gasteiger partial charge in [-0.3, -0.25) is 9.59 Å². The van der Waals surface area contributed by atoms with E-state index in [0.717, 1.165) is 103 Å². The number of nitrogens with zero attached hydrogens (tertiary/aromatic N) is 1. The van der Waals surface area contributed by atoms with Gasteiger partial charge >= 0.3 is 11.9 Å². The molecule has 0 aromatic carbocycles. The van der Waals surface area contributed by atoms with Crippen molar-refractivity contribution >= 4 is 17.9 Å². The van der Waals surface area contributed by atoms with Gasteiger partial charge in [0.1, 0.15) is 13.2 Å². The first-order valence-electron chi connectivity index (χ1n) is 39.5. The van der Waals surface area contributed by atoms with Crippen molar-refractivity contribution in [3.8, 4) is 0 Å². The molecule has 0 aliphatic heterocycles. The summed E-state index contributed by atoms with van der Waals surface area (Å²) >= 11 is 0. The number of carboxylic acids is 1. The minimum absolute atomic E-state index is 0.142. The largest absolute Gasteiger partial charge is 0.545 e. The summed E-state index contributed by atoms with van der Waals surface area (Å²) in [7, 11) is 5.93. The van der Waals surface area contributed by atoms with Crippen LogP contribution in [0.4, 0.5) is 0 Å². The van der Waals surface area contributed by atoms with Crippen molar-refractivity contribution in [1.29, 1.82) is 0 Å². The molecule has 9 nitrogen and oxygen atoms in total. The van der Waals surface area contributed by atoms with Crippen molar-refractivity contribution in [2.24, 2.45) is 0 Å². The number of carboxylic acid groups (broad SMARTS) is 1. The van der Waals surface area contributed by atoms with Gasteiger partial charge in [-0.05, 0) is 83.5 Å². The summed E-state index contributed by atoms with van der Waals surface area (Å²) in [6, 6.07) is 0. The van der Waals surface area contributed by atoms with E-state index in [1.54, 1.807) is 0 Å². The molecule has 0 saturated heterocycles. The van der Waals surface area contributed by atoms with E-state index in [-0.39, 0.29) is 38.6 Å². The van der Waals surface area contributed by atoms with Crippen LogP contribution in [0, 0.1) is 0 Å². The first-order valence-corrected chi connectivity index (χ1v) is 39.5. The van der Waals surface area contributed by atoms with Gasteiger partial charge in [-0.15, -0.1) is 0 Å². The molecule has 0 N–H and O–H groups in total. The minimum atomic E-state index is -1.63. The highest BCUT2D eigenvalue weighted by atomic mass is 16.7. The van der Waals surface area contributed by atoms with E-state index < -0.39 is 24.3 Å². The maximum Gasteiger partial charge on any atom is 0.306 e. The molecule has 0 aliphatic rings. The Bertz CT molecular complexity index is 1920. The molecule has 0 heterocycles. The van der Waals surface area contributed by atoms with Crippen molar-refractivity contribution in [1.82, 2.24) is 0 Å². The predicted molar refractivity (Wildman–Crippen MR) is 403 cm³/mol. The van der Waals surface area contributed by atoms with Gasteiger partial charge in [0.15, 0.2) is 12.4 Å². The second-order valence-corrected chi connectivity index (χ2v) is 27.6. The Balaban J connectivity index is 4.08. The Kier molecular flexibility index (Phi) is 71.5. The van der Waals surface area contributed by atoms with Crippen molar-refractivity contribution in [2.75, 3.05) is 47.5 Å².